The Morgan fingerprint density at radius 2 is 2.17 bits per heavy atom. The molecule has 0 radical (unpaired) electrons. The second-order valence-corrected chi connectivity index (χ2v) is 5.64. The van der Waals surface area contributed by atoms with Crippen LogP contribution in [0.2, 0.25) is 0 Å². The molecule has 2 aromatic rings. The zero-order chi connectivity index (χ0) is 17.5. The molecule has 0 aliphatic carbocycles. The maximum Gasteiger partial charge on any atom is 0.194 e. The summed E-state index contributed by atoms with van der Waals surface area (Å²) >= 11 is 0. The molecule has 0 spiro atoms. The van der Waals surface area contributed by atoms with Crippen molar-refractivity contribution in [2.24, 2.45) is 12.0 Å². The van der Waals surface area contributed by atoms with Crippen LogP contribution in [-0.4, -0.2) is 41.2 Å². The molecule has 6 nitrogen and oxygen atoms in total. The number of nitrogens with zero attached hydrogens (tertiary/aromatic N) is 3. The zero-order valence-electron chi connectivity index (χ0n) is 14.8. The Bertz CT molecular complexity index is 694. The van der Waals surface area contributed by atoms with E-state index in [4.69, 9.17) is 4.74 Å². The molecule has 2 rings (SSSR count). The molecule has 0 saturated heterocycles. The average molecular weight is 330 g/mol. The standard InChI is InChI=1S/C18H26N4O2/c1-5-19-18(22(3)13-15-7-6-10-21(15)2)20-12-14-8-9-17(24-4)16(23)11-14/h6-11,23H,5,12-13H2,1-4H3,(H,19,20). The van der Waals surface area contributed by atoms with Gasteiger partial charge in [-0.15, -0.1) is 0 Å². The minimum Gasteiger partial charge on any atom is -0.504 e. The van der Waals surface area contributed by atoms with Crippen LogP contribution < -0.4 is 10.1 Å². The first-order chi connectivity index (χ1) is 11.5. The fourth-order valence-corrected chi connectivity index (χ4v) is 2.45. The highest BCUT2D eigenvalue weighted by atomic mass is 16.5. The topological polar surface area (TPSA) is 62.0 Å². The van der Waals surface area contributed by atoms with E-state index in [1.165, 1.54) is 12.8 Å². The fourth-order valence-electron chi connectivity index (χ4n) is 2.45. The van der Waals surface area contributed by atoms with Gasteiger partial charge in [0.05, 0.1) is 20.2 Å². The third kappa shape index (κ3) is 4.44. The van der Waals surface area contributed by atoms with Crippen LogP contribution in [-0.2, 0) is 20.1 Å². The smallest absolute Gasteiger partial charge is 0.194 e. The summed E-state index contributed by atoms with van der Waals surface area (Å²) in [4.78, 5) is 6.75. The van der Waals surface area contributed by atoms with E-state index in [-0.39, 0.29) is 5.75 Å². The molecule has 6 heteroatoms. The Morgan fingerprint density at radius 1 is 1.38 bits per heavy atom. The van der Waals surface area contributed by atoms with E-state index in [0.29, 0.717) is 12.3 Å². The molecule has 1 heterocycles. The molecule has 0 unspecified atom stereocenters. The van der Waals surface area contributed by atoms with Gasteiger partial charge < -0.3 is 24.6 Å². The number of guanidine groups is 1. The van der Waals surface area contributed by atoms with E-state index in [2.05, 4.69) is 25.8 Å². The number of phenolic OH excluding ortho intramolecular Hbond substituents is 1. The molecule has 1 aromatic carbocycles. The van der Waals surface area contributed by atoms with Crippen LogP contribution >= 0.6 is 0 Å². The Hall–Kier alpha value is -2.63. The number of hydrogen-bond donors (Lipinski definition) is 2. The van der Waals surface area contributed by atoms with Crippen molar-refractivity contribution in [1.29, 1.82) is 0 Å². The zero-order valence-corrected chi connectivity index (χ0v) is 14.8. The Morgan fingerprint density at radius 3 is 2.75 bits per heavy atom. The lowest BCUT2D eigenvalue weighted by molar-refractivity contribution is 0.373. The number of ether oxygens (including phenoxy) is 1. The second-order valence-electron chi connectivity index (χ2n) is 5.64. The third-order valence-corrected chi connectivity index (χ3v) is 3.80. The van der Waals surface area contributed by atoms with Gasteiger partial charge in [0.1, 0.15) is 0 Å². The minimum absolute atomic E-state index is 0.132. The van der Waals surface area contributed by atoms with E-state index < -0.39 is 0 Å². The molecule has 0 aliphatic heterocycles. The SMILES string of the molecule is CCNC(=NCc1ccc(OC)c(O)c1)N(C)Cc1cccn1C. The molecule has 2 N–H and O–H groups in total. The van der Waals surface area contributed by atoms with Gasteiger partial charge in [-0.25, -0.2) is 4.99 Å². The predicted octanol–water partition coefficient (Wildman–Crippen LogP) is 2.34. The minimum atomic E-state index is 0.132. The maximum atomic E-state index is 9.87. The number of nitrogens with one attached hydrogen (secondary N) is 1. The van der Waals surface area contributed by atoms with Gasteiger partial charge in [0, 0.05) is 32.5 Å². The van der Waals surface area contributed by atoms with E-state index in [1.807, 2.05) is 39.3 Å². The number of aromatic nitrogens is 1. The van der Waals surface area contributed by atoms with Crippen LogP contribution in [0.15, 0.2) is 41.5 Å². The third-order valence-electron chi connectivity index (χ3n) is 3.80. The predicted molar refractivity (Wildman–Crippen MR) is 96.4 cm³/mol. The van der Waals surface area contributed by atoms with Gasteiger partial charge >= 0.3 is 0 Å². The normalized spacial score (nSPS) is 11.4. The number of aryl methyl sites for hydroxylation is 1. The first-order valence-corrected chi connectivity index (χ1v) is 8.00. The molecular formula is C18H26N4O2. The Kier molecular flexibility index (Phi) is 6.12. The second kappa shape index (κ2) is 8.29. The summed E-state index contributed by atoms with van der Waals surface area (Å²) in [5.41, 5.74) is 2.14. The van der Waals surface area contributed by atoms with Crippen molar-refractivity contribution in [2.75, 3.05) is 20.7 Å². The molecule has 0 aliphatic rings. The molecule has 0 fully saturated rings. The lowest BCUT2D eigenvalue weighted by Gasteiger charge is -2.22. The number of phenols is 1. The van der Waals surface area contributed by atoms with Crippen molar-refractivity contribution >= 4 is 5.96 Å². The van der Waals surface area contributed by atoms with Crippen LogP contribution in [0.4, 0.5) is 0 Å². The first kappa shape index (κ1) is 17.7. The summed E-state index contributed by atoms with van der Waals surface area (Å²) in [5.74, 6) is 1.43. The average Bonchev–Trinajstić information content (AvgIpc) is 2.96. The summed E-state index contributed by atoms with van der Waals surface area (Å²) in [5, 5.41) is 13.2. The van der Waals surface area contributed by atoms with E-state index in [1.54, 1.807) is 12.1 Å². The van der Waals surface area contributed by atoms with Crippen LogP contribution in [0, 0.1) is 0 Å². The van der Waals surface area contributed by atoms with Crippen molar-refractivity contribution in [1.82, 2.24) is 14.8 Å². The van der Waals surface area contributed by atoms with Crippen LogP contribution in [0.3, 0.4) is 0 Å². The quantitative estimate of drug-likeness (QED) is 0.630. The first-order valence-electron chi connectivity index (χ1n) is 8.00. The van der Waals surface area contributed by atoms with Gasteiger partial charge in [-0.3, -0.25) is 0 Å². The summed E-state index contributed by atoms with van der Waals surface area (Å²) in [7, 11) is 5.59. The molecule has 0 saturated carbocycles. The van der Waals surface area contributed by atoms with Crippen LogP contribution in [0.1, 0.15) is 18.2 Å². The van der Waals surface area contributed by atoms with Gasteiger partial charge in [0.15, 0.2) is 17.5 Å². The molecule has 1 aromatic heterocycles. The highest BCUT2D eigenvalue weighted by Gasteiger charge is 2.09. The van der Waals surface area contributed by atoms with Crippen molar-refractivity contribution < 1.29 is 9.84 Å². The Balaban J connectivity index is 2.09. The van der Waals surface area contributed by atoms with E-state index >= 15 is 0 Å². The van der Waals surface area contributed by atoms with Gasteiger partial charge in [0.25, 0.3) is 0 Å². The molecular weight excluding hydrogens is 304 g/mol. The lowest BCUT2D eigenvalue weighted by atomic mass is 10.2. The van der Waals surface area contributed by atoms with Gasteiger partial charge in [-0.05, 0) is 36.8 Å². The molecule has 130 valence electrons. The van der Waals surface area contributed by atoms with Gasteiger partial charge in [0.2, 0.25) is 0 Å². The number of aromatic hydroxyl groups is 1. The highest BCUT2D eigenvalue weighted by molar-refractivity contribution is 5.79. The summed E-state index contributed by atoms with van der Waals surface area (Å²) < 4.78 is 7.16. The largest absolute Gasteiger partial charge is 0.504 e. The maximum absolute atomic E-state index is 9.87. The number of rotatable bonds is 6. The van der Waals surface area contributed by atoms with Crippen molar-refractivity contribution in [2.45, 2.75) is 20.0 Å². The Labute approximate surface area is 143 Å². The van der Waals surface area contributed by atoms with E-state index in [0.717, 1.165) is 24.6 Å². The highest BCUT2D eigenvalue weighted by Crippen LogP contribution is 2.26. The molecule has 0 bridgehead atoms. The lowest BCUT2D eigenvalue weighted by Crippen LogP contribution is -2.38. The van der Waals surface area contributed by atoms with Gasteiger partial charge in [-0.2, -0.15) is 0 Å². The molecule has 0 atom stereocenters. The van der Waals surface area contributed by atoms with Crippen LogP contribution in [0.5, 0.6) is 11.5 Å². The van der Waals surface area contributed by atoms with E-state index in [9.17, 15) is 5.11 Å². The summed E-state index contributed by atoms with van der Waals surface area (Å²) in [6.07, 6.45) is 2.04. The molecule has 0 amide bonds. The number of aliphatic imine (C=N–C) groups is 1. The van der Waals surface area contributed by atoms with Crippen LogP contribution in [0.25, 0.3) is 0 Å². The number of methoxy groups -OCH3 is 1. The molecule has 24 heavy (non-hydrogen) atoms. The summed E-state index contributed by atoms with van der Waals surface area (Å²) in [6.45, 7) is 4.09. The van der Waals surface area contributed by atoms with Crippen molar-refractivity contribution in [3.8, 4) is 11.5 Å². The number of benzene rings is 1. The van der Waals surface area contributed by atoms with Crippen molar-refractivity contribution in [3.63, 3.8) is 0 Å². The fraction of sp³-hybridized carbons (Fsp3) is 0.389. The number of hydrogen-bond acceptors (Lipinski definition) is 3. The summed E-state index contributed by atoms with van der Waals surface area (Å²) in [6, 6.07) is 9.47. The van der Waals surface area contributed by atoms with Gasteiger partial charge in [-0.1, -0.05) is 6.07 Å². The monoisotopic (exact) mass is 330 g/mol. The van der Waals surface area contributed by atoms with Crippen molar-refractivity contribution in [3.05, 3.63) is 47.8 Å².